The lowest BCUT2D eigenvalue weighted by Gasteiger charge is -2.44. The Bertz CT molecular complexity index is 1030. The van der Waals surface area contributed by atoms with Crippen LogP contribution in [0.15, 0.2) is 48.5 Å². The van der Waals surface area contributed by atoms with Crippen LogP contribution in [0.1, 0.15) is 25.8 Å². The molecule has 2 heterocycles. The fraction of sp³-hybridized carbons (Fsp3) is 0.286. The standard InChI is InChI=1S/C21H20F2N4O/c1-13(2)21(28)27-11-26(12-27)20-16-9-5-6-10-17(16)24-19(25-20)15-8-4-3-7-14(15)18(22)23/h3-10,13,18H,11-12H2,1-2H3. The Morgan fingerprint density at radius 3 is 2.39 bits per heavy atom. The molecule has 0 atom stereocenters. The average molecular weight is 382 g/mol. The number of carbonyl (C=O) groups excluding carboxylic acids is 1. The third-order valence-corrected chi connectivity index (χ3v) is 4.81. The zero-order chi connectivity index (χ0) is 19.8. The SMILES string of the molecule is CC(C)C(=O)N1CN(c2nc(-c3ccccc3C(F)F)nc3ccccc23)C1. The molecule has 28 heavy (non-hydrogen) atoms. The summed E-state index contributed by atoms with van der Waals surface area (Å²) in [5.74, 6) is 0.923. The largest absolute Gasteiger partial charge is 0.320 e. The maximum Gasteiger partial charge on any atom is 0.264 e. The van der Waals surface area contributed by atoms with E-state index in [9.17, 15) is 13.6 Å². The van der Waals surface area contributed by atoms with Crippen molar-refractivity contribution in [2.24, 2.45) is 5.92 Å². The number of aromatic nitrogens is 2. The number of para-hydroxylation sites is 1. The summed E-state index contributed by atoms with van der Waals surface area (Å²) in [6, 6.07) is 13.8. The van der Waals surface area contributed by atoms with Crippen LogP contribution in [0.4, 0.5) is 14.6 Å². The Morgan fingerprint density at radius 1 is 1.00 bits per heavy atom. The Morgan fingerprint density at radius 2 is 1.68 bits per heavy atom. The normalized spacial score (nSPS) is 14.1. The highest BCUT2D eigenvalue weighted by atomic mass is 19.3. The number of hydrogen-bond donors (Lipinski definition) is 0. The van der Waals surface area contributed by atoms with E-state index in [1.54, 1.807) is 23.1 Å². The molecule has 1 aliphatic heterocycles. The summed E-state index contributed by atoms with van der Waals surface area (Å²) in [5.41, 5.74) is 0.907. The van der Waals surface area contributed by atoms with E-state index in [-0.39, 0.29) is 23.2 Å². The van der Waals surface area contributed by atoms with Crippen molar-refractivity contribution in [3.63, 3.8) is 0 Å². The van der Waals surface area contributed by atoms with Crippen molar-refractivity contribution in [3.8, 4) is 11.4 Å². The Hall–Kier alpha value is -3.09. The first-order valence-corrected chi connectivity index (χ1v) is 9.13. The van der Waals surface area contributed by atoms with Gasteiger partial charge in [-0.25, -0.2) is 18.7 Å². The van der Waals surface area contributed by atoms with Gasteiger partial charge in [0.2, 0.25) is 5.91 Å². The maximum atomic E-state index is 13.5. The predicted octanol–water partition coefficient (Wildman–Crippen LogP) is 4.45. The van der Waals surface area contributed by atoms with Gasteiger partial charge in [-0.1, -0.05) is 50.2 Å². The predicted molar refractivity (Wildman–Crippen MR) is 104 cm³/mol. The van der Waals surface area contributed by atoms with Crippen LogP contribution in [-0.2, 0) is 4.79 Å². The van der Waals surface area contributed by atoms with E-state index >= 15 is 0 Å². The van der Waals surface area contributed by atoms with E-state index in [0.717, 1.165) is 5.39 Å². The number of nitrogens with zero attached hydrogens (tertiary/aromatic N) is 4. The van der Waals surface area contributed by atoms with Crippen LogP contribution < -0.4 is 4.90 Å². The van der Waals surface area contributed by atoms with Crippen LogP contribution in [0.3, 0.4) is 0 Å². The quantitative estimate of drug-likeness (QED) is 0.669. The molecule has 2 aromatic carbocycles. The molecule has 0 spiro atoms. The molecule has 1 amide bonds. The number of fused-ring (bicyclic) bond motifs is 1. The van der Waals surface area contributed by atoms with Gasteiger partial charge in [0, 0.05) is 22.4 Å². The molecule has 4 rings (SSSR count). The van der Waals surface area contributed by atoms with Crippen molar-refractivity contribution < 1.29 is 13.6 Å². The van der Waals surface area contributed by atoms with Crippen LogP contribution in [0.25, 0.3) is 22.3 Å². The fourth-order valence-corrected chi connectivity index (χ4v) is 3.32. The van der Waals surface area contributed by atoms with Gasteiger partial charge in [0.1, 0.15) is 5.82 Å². The molecule has 1 aromatic heterocycles. The molecule has 5 nitrogen and oxygen atoms in total. The second kappa shape index (κ2) is 7.14. The molecule has 7 heteroatoms. The molecule has 0 saturated carbocycles. The van der Waals surface area contributed by atoms with Crippen molar-refractivity contribution in [3.05, 3.63) is 54.1 Å². The van der Waals surface area contributed by atoms with Gasteiger partial charge in [0.25, 0.3) is 6.43 Å². The van der Waals surface area contributed by atoms with Gasteiger partial charge >= 0.3 is 0 Å². The Balaban J connectivity index is 1.77. The summed E-state index contributed by atoms with van der Waals surface area (Å²) < 4.78 is 26.9. The highest BCUT2D eigenvalue weighted by molar-refractivity contribution is 5.92. The highest BCUT2D eigenvalue weighted by Gasteiger charge is 2.32. The number of benzene rings is 2. The van der Waals surface area contributed by atoms with E-state index in [1.807, 2.05) is 43.0 Å². The van der Waals surface area contributed by atoms with E-state index in [4.69, 9.17) is 0 Å². The van der Waals surface area contributed by atoms with E-state index < -0.39 is 6.43 Å². The van der Waals surface area contributed by atoms with Crippen LogP contribution in [0, 0.1) is 5.92 Å². The first-order chi connectivity index (χ1) is 13.5. The molecule has 3 aromatic rings. The zero-order valence-corrected chi connectivity index (χ0v) is 15.6. The lowest BCUT2D eigenvalue weighted by atomic mass is 10.1. The first-order valence-electron chi connectivity index (χ1n) is 9.13. The van der Waals surface area contributed by atoms with Gasteiger partial charge in [0.15, 0.2) is 5.82 Å². The molecule has 0 aliphatic carbocycles. The third-order valence-electron chi connectivity index (χ3n) is 4.81. The van der Waals surface area contributed by atoms with Gasteiger partial charge < -0.3 is 9.80 Å². The molecule has 0 bridgehead atoms. The molecule has 0 N–H and O–H groups in total. The zero-order valence-electron chi connectivity index (χ0n) is 15.6. The summed E-state index contributed by atoms with van der Waals surface area (Å²) in [7, 11) is 0. The highest BCUT2D eigenvalue weighted by Crippen LogP contribution is 2.34. The summed E-state index contributed by atoms with van der Waals surface area (Å²) >= 11 is 0. The lowest BCUT2D eigenvalue weighted by molar-refractivity contribution is -0.137. The number of rotatable bonds is 4. The second-order valence-electron chi connectivity index (χ2n) is 7.13. The number of halogens is 2. The molecule has 0 radical (unpaired) electrons. The van der Waals surface area contributed by atoms with Gasteiger partial charge in [-0.2, -0.15) is 0 Å². The number of alkyl halides is 2. The molecule has 144 valence electrons. The fourth-order valence-electron chi connectivity index (χ4n) is 3.32. The summed E-state index contributed by atoms with van der Waals surface area (Å²) in [5, 5.41) is 0.831. The summed E-state index contributed by atoms with van der Waals surface area (Å²) in [6.45, 7) is 4.58. The molecule has 1 fully saturated rings. The van der Waals surface area contributed by atoms with Crippen LogP contribution in [-0.4, -0.2) is 34.1 Å². The first kappa shape index (κ1) is 18.3. The van der Waals surface area contributed by atoms with Crippen LogP contribution in [0.5, 0.6) is 0 Å². The monoisotopic (exact) mass is 382 g/mol. The topological polar surface area (TPSA) is 49.3 Å². The van der Waals surface area contributed by atoms with E-state index in [1.165, 1.54) is 6.07 Å². The Kier molecular flexibility index (Phi) is 4.66. The minimum atomic E-state index is -2.61. The summed E-state index contributed by atoms with van der Waals surface area (Å²) in [6.07, 6.45) is -2.61. The smallest absolute Gasteiger partial charge is 0.264 e. The molecule has 1 aliphatic rings. The number of hydrogen-bond acceptors (Lipinski definition) is 4. The van der Waals surface area contributed by atoms with Gasteiger partial charge in [0.05, 0.1) is 18.9 Å². The molecular formula is C21H20F2N4O. The van der Waals surface area contributed by atoms with Gasteiger partial charge in [-0.15, -0.1) is 0 Å². The summed E-state index contributed by atoms with van der Waals surface area (Å²) in [4.78, 5) is 25.0. The third kappa shape index (κ3) is 3.17. The second-order valence-corrected chi connectivity index (χ2v) is 7.13. The van der Waals surface area contributed by atoms with E-state index in [2.05, 4.69) is 9.97 Å². The lowest BCUT2D eigenvalue weighted by Crippen LogP contribution is -2.59. The average Bonchev–Trinajstić information content (AvgIpc) is 2.66. The number of carbonyl (C=O) groups is 1. The molecule has 0 unspecified atom stereocenters. The molecule has 1 saturated heterocycles. The van der Waals surface area contributed by atoms with Crippen molar-refractivity contribution >= 4 is 22.6 Å². The number of anilines is 1. The van der Waals surface area contributed by atoms with Crippen molar-refractivity contribution in [2.45, 2.75) is 20.3 Å². The van der Waals surface area contributed by atoms with Crippen LogP contribution >= 0.6 is 0 Å². The number of amides is 1. The molecular weight excluding hydrogens is 362 g/mol. The Labute approximate surface area is 161 Å². The van der Waals surface area contributed by atoms with Crippen molar-refractivity contribution in [1.29, 1.82) is 0 Å². The minimum absolute atomic E-state index is 0.0715. The van der Waals surface area contributed by atoms with Gasteiger partial charge in [-0.3, -0.25) is 4.79 Å². The van der Waals surface area contributed by atoms with Crippen molar-refractivity contribution in [1.82, 2.24) is 14.9 Å². The minimum Gasteiger partial charge on any atom is -0.320 e. The maximum absolute atomic E-state index is 13.5. The van der Waals surface area contributed by atoms with E-state index in [0.29, 0.717) is 30.2 Å². The van der Waals surface area contributed by atoms with Crippen molar-refractivity contribution in [2.75, 3.05) is 18.2 Å². The van der Waals surface area contributed by atoms with Crippen LogP contribution in [0.2, 0.25) is 0 Å². The van der Waals surface area contributed by atoms with Gasteiger partial charge in [-0.05, 0) is 12.1 Å².